The number of nitrogens with zero attached hydrogens (tertiary/aromatic N) is 1. The van der Waals surface area contributed by atoms with Gasteiger partial charge in [0.25, 0.3) is 0 Å². The first-order valence-corrected chi connectivity index (χ1v) is 10.0. The third kappa shape index (κ3) is 6.98. The molecule has 3 nitrogen and oxygen atoms in total. The number of rotatable bonds is 8. The van der Waals surface area contributed by atoms with Crippen LogP contribution in [0.25, 0.3) is 0 Å². The first-order valence-electron chi connectivity index (χ1n) is 9.26. The third-order valence-corrected chi connectivity index (χ3v) is 5.57. The molecule has 2 aromatic carbocycles. The van der Waals surface area contributed by atoms with Crippen molar-refractivity contribution in [3.8, 4) is 5.75 Å². The topological polar surface area (TPSA) is 24.5 Å². The first-order chi connectivity index (χ1) is 12.7. The van der Waals surface area contributed by atoms with Crippen LogP contribution in [-0.2, 0) is 13.2 Å². The molecule has 0 bridgehead atoms. The summed E-state index contributed by atoms with van der Waals surface area (Å²) in [7, 11) is 0. The molecule has 2 aromatic rings. The molecular formula is C21H28Cl4N2O. The van der Waals surface area contributed by atoms with E-state index in [2.05, 4.69) is 17.1 Å². The zero-order valence-corrected chi connectivity index (χ0v) is 19.1. The smallest absolute Gasteiger partial charge is 0.124 e. The number of halogens is 4. The molecule has 3 rings (SSSR count). The van der Waals surface area contributed by atoms with Gasteiger partial charge in [-0.15, -0.1) is 24.8 Å². The Labute approximate surface area is 190 Å². The Balaban J connectivity index is 0.00000196. The molecule has 1 unspecified atom stereocenters. The summed E-state index contributed by atoms with van der Waals surface area (Å²) in [5.74, 6) is 0.848. The number of ether oxygens (including phenoxy) is 1. The fourth-order valence-electron chi connectivity index (χ4n) is 3.51. The number of benzene rings is 2. The predicted octanol–water partition coefficient (Wildman–Crippen LogP) is 5.99. The van der Waals surface area contributed by atoms with Gasteiger partial charge in [-0.25, -0.2) is 0 Å². The van der Waals surface area contributed by atoms with Crippen molar-refractivity contribution in [1.29, 1.82) is 0 Å². The van der Waals surface area contributed by atoms with Gasteiger partial charge in [0, 0.05) is 40.3 Å². The standard InChI is InChI=1S/C21H26Cl2N2O.2ClH/c1-2-25-11-5-7-19(25)14-24-13-17-12-18(22)9-10-21(17)26-15-16-6-3-4-8-20(16)23;;/h3-4,6,8-10,12,19,24H,2,5,7,11,13-15H2,1H3;2*1H. The van der Waals surface area contributed by atoms with Gasteiger partial charge in [-0.1, -0.05) is 48.3 Å². The van der Waals surface area contributed by atoms with E-state index in [9.17, 15) is 0 Å². The van der Waals surface area contributed by atoms with E-state index in [4.69, 9.17) is 27.9 Å². The van der Waals surface area contributed by atoms with E-state index in [1.165, 1.54) is 19.4 Å². The van der Waals surface area contributed by atoms with Gasteiger partial charge in [-0.05, 0) is 50.2 Å². The molecule has 1 aliphatic rings. The Kier molecular flexibility index (Phi) is 11.6. The minimum atomic E-state index is 0. The molecule has 0 aliphatic carbocycles. The van der Waals surface area contributed by atoms with Crippen molar-refractivity contribution in [1.82, 2.24) is 10.2 Å². The summed E-state index contributed by atoms with van der Waals surface area (Å²) >= 11 is 12.4. The maximum absolute atomic E-state index is 6.22. The Morgan fingerprint density at radius 3 is 2.64 bits per heavy atom. The van der Waals surface area contributed by atoms with Crippen molar-refractivity contribution in [2.24, 2.45) is 0 Å². The molecular weight excluding hydrogens is 438 g/mol. The van der Waals surface area contributed by atoms with Crippen LogP contribution in [0.4, 0.5) is 0 Å². The van der Waals surface area contributed by atoms with E-state index in [1.54, 1.807) is 0 Å². The minimum Gasteiger partial charge on any atom is -0.489 e. The lowest BCUT2D eigenvalue weighted by atomic mass is 10.1. The number of hydrogen-bond donors (Lipinski definition) is 1. The van der Waals surface area contributed by atoms with E-state index in [0.717, 1.165) is 46.6 Å². The highest BCUT2D eigenvalue weighted by Crippen LogP contribution is 2.25. The molecule has 1 fully saturated rings. The quantitative estimate of drug-likeness (QED) is 0.518. The first kappa shape index (κ1) is 25.4. The molecule has 28 heavy (non-hydrogen) atoms. The van der Waals surface area contributed by atoms with Crippen LogP contribution < -0.4 is 10.1 Å². The number of nitrogens with one attached hydrogen (secondary N) is 1. The van der Waals surface area contributed by atoms with Crippen molar-refractivity contribution in [2.45, 2.75) is 39.0 Å². The summed E-state index contributed by atoms with van der Waals surface area (Å²) in [4.78, 5) is 2.54. The summed E-state index contributed by atoms with van der Waals surface area (Å²) in [6.07, 6.45) is 2.57. The number of likely N-dealkylation sites (N-methyl/N-ethyl adjacent to an activating group) is 1. The lowest BCUT2D eigenvalue weighted by molar-refractivity contribution is 0.259. The van der Waals surface area contributed by atoms with Crippen molar-refractivity contribution in [3.05, 3.63) is 63.6 Å². The van der Waals surface area contributed by atoms with Crippen LogP contribution in [-0.4, -0.2) is 30.6 Å². The molecule has 0 radical (unpaired) electrons. The zero-order valence-electron chi connectivity index (χ0n) is 16.0. The van der Waals surface area contributed by atoms with Gasteiger partial charge in [0.05, 0.1) is 0 Å². The van der Waals surface area contributed by atoms with Gasteiger partial charge in [0.2, 0.25) is 0 Å². The van der Waals surface area contributed by atoms with Crippen LogP contribution in [0, 0.1) is 0 Å². The maximum Gasteiger partial charge on any atom is 0.124 e. The summed E-state index contributed by atoms with van der Waals surface area (Å²) in [5.41, 5.74) is 2.05. The van der Waals surface area contributed by atoms with Crippen molar-refractivity contribution < 1.29 is 4.74 Å². The van der Waals surface area contributed by atoms with Crippen LogP contribution in [0.2, 0.25) is 10.0 Å². The van der Waals surface area contributed by atoms with E-state index in [1.807, 2.05) is 42.5 Å². The molecule has 7 heteroatoms. The van der Waals surface area contributed by atoms with E-state index < -0.39 is 0 Å². The second kappa shape index (κ2) is 12.8. The maximum atomic E-state index is 6.22. The monoisotopic (exact) mass is 464 g/mol. The minimum absolute atomic E-state index is 0. The highest BCUT2D eigenvalue weighted by Gasteiger charge is 2.22. The molecule has 1 atom stereocenters. The number of likely N-dealkylation sites (tertiary alicyclic amines) is 1. The molecule has 1 N–H and O–H groups in total. The molecule has 1 aliphatic heterocycles. The fraction of sp³-hybridized carbons (Fsp3) is 0.429. The van der Waals surface area contributed by atoms with Gasteiger partial charge < -0.3 is 10.1 Å². The fourth-order valence-corrected chi connectivity index (χ4v) is 3.90. The Hall–Kier alpha value is -0.680. The lowest BCUT2D eigenvalue weighted by Crippen LogP contribution is -2.37. The Bertz CT molecular complexity index is 729. The van der Waals surface area contributed by atoms with Crippen LogP contribution in [0.1, 0.15) is 30.9 Å². The molecule has 0 amide bonds. The molecule has 0 spiro atoms. The van der Waals surface area contributed by atoms with Crippen LogP contribution >= 0.6 is 48.0 Å². The third-order valence-electron chi connectivity index (χ3n) is 4.96. The molecule has 0 aromatic heterocycles. The second-order valence-electron chi connectivity index (χ2n) is 6.69. The summed E-state index contributed by atoms with van der Waals surface area (Å²) in [6.45, 7) is 6.75. The average Bonchev–Trinajstić information content (AvgIpc) is 3.10. The van der Waals surface area contributed by atoms with E-state index >= 15 is 0 Å². The van der Waals surface area contributed by atoms with Gasteiger partial charge in [0.15, 0.2) is 0 Å². The van der Waals surface area contributed by atoms with E-state index in [-0.39, 0.29) is 24.8 Å². The van der Waals surface area contributed by atoms with Crippen LogP contribution in [0.15, 0.2) is 42.5 Å². The van der Waals surface area contributed by atoms with Crippen molar-refractivity contribution >= 4 is 48.0 Å². The predicted molar refractivity (Wildman–Crippen MR) is 124 cm³/mol. The van der Waals surface area contributed by atoms with Crippen molar-refractivity contribution in [2.75, 3.05) is 19.6 Å². The largest absolute Gasteiger partial charge is 0.489 e. The highest BCUT2D eigenvalue weighted by atomic mass is 35.5. The van der Waals surface area contributed by atoms with Crippen LogP contribution in [0.3, 0.4) is 0 Å². The van der Waals surface area contributed by atoms with Gasteiger partial charge in [0.1, 0.15) is 12.4 Å². The number of hydrogen-bond acceptors (Lipinski definition) is 3. The average molecular weight is 466 g/mol. The highest BCUT2D eigenvalue weighted by molar-refractivity contribution is 6.31. The SMILES string of the molecule is CCN1CCCC1CNCc1cc(Cl)ccc1OCc1ccccc1Cl.Cl.Cl. The second-order valence-corrected chi connectivity index (χ2v) is 7.53. The van der Waals surface area contributed by atoms with Crippen molar-refractivity contribution in [3.63, 3.8) is 0 Å². The van der Waals surface area contributed by atoms with Crippen LogP contribution in [0.5, 0.6) is 5.75 Å². The lowest BCUT2D eigenvalue weighted by Gasteiger charge is -2.23. The summed E-state index contributed by atoms with van der Waals surface area (Å²) < 4.78 is 6.03. The zero-order chi connectivity index (χ0) is 18.4. The Morgan fingerprint density at radius 2 is 1.89 bits per heavy atom. The van der Waals surface area contributed by atoms with E-state index in [0.29, 0.717) is 12.6 Å². The van der Waals surface area contributed by atoms with Gasteiger partial charge in [-0.2, -0.15) is 0 Å². The molecule has 156 valence electrons. The molecule has 0 saturated carbocycles. The summed E-state index contributed by atoms with van der Waals surface area (Å²) in [5, 5.41) is 5.03. The molecule has 1 saturated heterocycles. The normalized spacial score (nSPS) is 16.3. The summed E-state index contributed by atoms with van der Waals surface area (Å²) in [6, 6.07) is 14.2. The Morgan fingerprint density at radius 1 is 1.11 bits per heavy atom. The van der Waals surface area contributed by atoms with Gasteiger partial charge >= 0.3 is 0 Å². The molecule has 1 heterocycles. The van der Waals surface area contributed by atoms with Gasteiger partial charge in [-0.3, -0.25) is 4.90 Å².